The molecule has 2 aromatic rings. The van der Waals surface area contributed by atoms with Gasteiger partial charge in [-0.2, -0.15) is 5.10 Å². The summed E-state index contributed by atoms with van der Waals surface area (Å²) in [7, 11) is 1.93. The molecule has 1 heterocycles. The van der Waals surface area contributed by atoms with Crippen molar-refractivity contribution in [3.05, 3.63) is 46.6 Å². The van der Waals surface area contributed by atoms with Gasteiger partial charge < -0.3 is 5.32 Å². The van der Waals surface area contributed by atoms with Crippen LogP contribution < -0.4 is 5.32 Å². The van der Waals surface area contributed by atoms with E-state index in [1.807, 2.05) is 49.0 Å². The first-order chi connectivity index (χ1) is 7.66. The minimum atomic E-state index is 0.691. The lowest BCUT2D eigenvalue weighted by Gasteiger charge is -2.04. The largest absolute Gasteiger partial charge is 0.364 e. The molecule has 2 rings (SSSR count). The number of hydrogen-bond acceptors (Lipinski definition) is 2. The summed E-state index contributed by atoms with van der Waals surface area (Å²) >= 11 is 6.06. The van der Waals surface area contributed by atoms with Crippen LogP contribution in [0.2, 0.25) is 5.02 Å². The van der Waals surface area contributed by atoms with Gasteiger partial charge in [0.2, 0.25) is 0 Å². The average molecular weight is 236 g/mol. The Morgan fingerprint density at radius 3 is 2.75 bits per heavy atom. The SMILES string of the molecule is Cc1cc(NCc2ccccc2Cl)nn1C. The van der Waals surface area contributed by atoms with Crippen LogP contribution in [0.4, 0.5) is 5.82 Å². The summed E-state index contributed by atoms with van der Waals surface area (Å²) in [5.41, 5.74) is 2.20. The summed E-state index contributed by atoms with van der Waals surface area (Å²) in [6, 6.07) is 9.81. The Bertz CT molecular complexity index is 471. The van der Waals surface area contributed by atoms with Gasteiger partial charge >= 0.3 is 0 Å². The van der Waals surface area contributed by atoms with E-state index in [0.717, 1.165) is 22.1 Å². The van der Waals surface area contributed by atoms with Crippen molar-refractivity contribution in [3.63, 3.8) is 0 Å². The third-order valence-corrected chi connectivity index (χ3v) is 2.90. The summed E-state index contributed by atoms with van der Waals surface area (Å²) in [5.74, 6) is 0.875. The third-order valence-electron chi connectivity index (χ3n) is 2.53. The van der Waals surface area contributed by atoms with Gasteiger partial charge in [-0.25, -0.2) is 0 Å². The predicted molar refractivity (Wildman–Crippen MR) is 66.7 cm³/mol. The number of nitrogens with one attached hydrogen (secondary N) is 1. The van der Waals surface area contributed by atoms with Gasteiger partial charge in [0.1, 0.15) is 5.82 Å². The number of hydrogen-bond donors (Lipinski definition) is 1. The van der Waals surface area contributed by atoms with Crippen LogP contribution in [-0.4, -0.2) is 9.78 Å². The Morgan fingerprint density at radius 1 is 1.38 bits per heavy atom. The van der Waals surface area contributed by atoms with E-state index in [1.165, 1.54) is 0 Å². The molecule has 0 amide bonds. The normalized spacial score (nSPS) is 10.4. The van der Waals surface area contributed by atoms with Gasteiger partial charge in [-0.15, -0.1) is 0 Å². The molecule has 0 fully saturated rings. The molecular formula is C12H14ClN3. The van der Waals surface area contributed by atoms with Gasteiger partial charge in [0.05, 0.1) is 0 Å². The molecular weight excluding hydrogens is 222 g/mol. The third kappa shape index (κ3) is 2.36. The highest BCUT2D eigenvalue weighted by molar-refractivity contribution is 6.31. The Labute approximate surface area is 100 Å². The van der Waals surface area contributed by atoms with Crippen LogP contribution in [-0.2, 0) is 13.6 Å². The van der Waals surface area contributed by atoms with Crippen molar-refractivity contribution in [2.24, 2.45) is 7.05 Å². The number of aryl methyl sites for hydroxylation is 2. The van der Waals surface area contributed by atoms with Crippen LogP contribution in [0.3, 0.4) is 0 Å². The van der Waals surface area contributed by atoms with Gasteiger partial charge in [0.15, 0.2) is 0 Å². The topological polar surface area (TPSA) is 29.9 Å². The zero-order chi connectivity index (χ0) is 11.5. The minimum Gasteiger partial charge on any atom is -0.364 e. The molecule has 16 heavy (non-hydrogen) atoms. The van der Waals surface area contributed by atoms with E-state index in [4.69, 9.17) is 11.6 Å². The lowest BCUT2D eigenvalue weighted by molar-refractivity contribution is 0.741. The number of benzene rings is 1. The molecule has 84 valence electrons. The number of rotatable bonds is 3. The Morgan fingerprint density at radius 2 is 2.12 bits per heavy atom. The van der Waals surface area contributed by atoms with E-state index in [1.54, 1.807) is 0 Å². The number of aromatic nitrogens is 2. The Hall–Kier alpha value is -1.48. The summed E-state index contributed by atoms with van der Waals surface area (Å²) < 4.78 is 1.84. The summed E-state index contributed by atoms with van der Waals surface area (Å²) in [5, 5.41) is 8.34. The summed E-state index contributed by atoms with van der Waals surface area (Å²) in [6.45, 7) is 2.71. The smallest absolute Gasteiger partial charge is 0.148 e. The molecule has 1 aromatic heterocycles. The van der Waals surface area contributed by atoms with Crippen molar-refractivity contribution < 1.29 is 0 Å². The standard InChI is InChI=1S/C12H14ClN3/c1-9-7-12(15-16(9)2)14-8-10-5-3-4-6-11(10)13/h3-7H,8H2,1-2H3,(H,14,15). The Kier molecular flexibility index (Phi) is 3.15. The van der Waals surface area contributed by atoms with E-state index in [9.17, 15) is 0 Å². The van der Waals surface area contributed by atoms with Crippen LogP contribution in [0.25, 0.3) is 0 Å². The maximum atomic E-state index is 6.06. The highest BCUT2D eigenvalue weighted by Crippen LogP contribution is 2.16. The van der Waals surface area contributed by atoms with Crippen molar-refractivity contribution in [1.29, 1.82) is 0 Å². The molecule has 0 saturated heterocycles. The van der Waals surface area contributed by atoms with E-state index in [2.05, 4.69) is 10.4 Å². The van der Waals surface area contributed by atoms with Crippen LogP contribution in [0, 0.1) is 6.92 Å². The van der Waals surface area contributed by atoms with Gasteiger partial charge in [-0.05, 0) is 18.6 Å². The fraction of sp³-hybridized carbons (Fsp3) is 0.250. The monoisotopic (exact) mass is 235 g/mol. The summed E-state index contributed by atoms with van der Waals surface area (Å²) in [6.07, 6.45) is 0. The second kappa shape index (κ2) is 4.58. The van der Waals surface area contributed by atoms with Crippen LogP contribution in [0.5, 0.6) is 0 Å². The molecule has 0 bridgehead atoms. The molecule has 1 aromatic carbocycles. The minimum absolute atomic E-state index is 0.691. The van der Waals surface area contributed by atoms with Crippen molar-refractivity contribution >= 4 is 17.4 Å². The average Bonchev–Trinajstić information content (AvgIpc) is 2.57. The highest BCUT2D eigenvalue weighted by atomic mass is 35.5. The molecule has 0 aliphatic carbocycles. The number of nitrogens with zero attached hydrogens (tertiary/aromatic N) is 2. The molecule has 4 heteroatoms. The predicted octanol–water partition coefficient (Wildman–Crippen LogP) is 2.99. The zero-order valence-electron chi connectivity index (χ0n) is 9.37. The van der Waals surface area contributed by atoms with Gasteiger partial charge in [-0.3, -0.25) is 4.68 Å². The van der Waals surface area contributed by atoms with Gasteiger partial charge in [0, 0.05) is 30.4 Å². The fourth-order valence-electron chi connectivity index (χ4n) is 1.47. The van der Waals surface area contributed by atoms with Crippen LogP contribution >= 0.6 is 11.6 Å². The second-order valence-electron chi connectivity index (χ2n) is 3.74. The quantitative estimate of drug-likeness (QED) is 0.887. The maximum Gasteiger partial charge on any atom is 0.148 e. The maximum absolute atomic E-state index is 6.06. The lowest BCUT2D eigenvalue weighted by atomic mass is 10.2. The van der Waals surface area contributed by atoms with Crippen molar-refractivity contribution in [3.8, 4) is 0 Å². The number of halogens is 1. The van der Waals surface area contributed by atoms with E-state index in [-0.39, 0.29) is 0 Å². The fourth-order valence-corrected chi connectivity index (χ4v) is 1.68. The second-order valence-corrected chi connectivity index (χ2v) is 4.15. The van der Waals surface area contributed by atoms with Crippen molar-refractivity contribution in [2.75, 3.05) is 5.32 Å². The molecule has 0 atom stereocenters. The molecule has 0 unspecified atom stereocenters. The van der Waals surface area contributed by atoms with Gasteiger partial charge in [0.25, 0.3) is 0 Å². The first-order valence-corrected chi connectivity index (χ1v) is 5.52. The lowest BCUT2D eigenvalue weighted by Crippen LogP contribution is -2.01. The first kappa shape index (κ1) is 11.0. The molecule has 3 nitrogen and oxygen atoms in total. The highest BCUT2D eigenvalue weighted by Gasteiger charge is 2.02. The molecule has 1 N–H and O–H groups in total. The van der Waals surface area contributed by atoms with Crippen molar-refractivity contribution in [1.82, 2.24) is 9.78 Å². The van der Waals surface area contributed by atoms with Crippen molar-refractivity contribution in [2.45, 2.75) is 13.5 Å². The number of anilines is 1. The molecule has 0 saturated carbocycles. The van der Waals surface area contributed by atoms with E-state index >= 15 is 0 Å². The van der Waals surface area contributed by atoms with Crippen LogP contribution in [0.1, 0.15) is 11.3 Å². The van der Waals surface area contributed by atoms with Crippen LogP contribution in [0.15, 0.2) is 30.3 Å². The zero-order valence-corrected chi connectivity index (χ0v) is 10.1. The van der Waals surface area contributed by atoms with E-state index in [0.29, 0.717) is 6.54 Å². The molecule has 0 aliphatic heterocycles. The Balaban J connectivity index is 2.05. The van der Waals surface area contributed by atoms with Gasteiger partial charge in [-0.1, -0.05) is 29.8 Å². The van der Waals surface area contributed by atoms with E-state index < -0.39 is 0 Å². The summed E-state index contributed by atoms with van der Waals surface area (Å²) in [4.78, 5) is 0. The molecule has 0 radical (unpaired) electrons. The first-order valence-electron chi connectivity index (χ1n) is 5.15. The molecule has 0 aliphatic rings. The molecule has 0 spiro atoms.